The van der Waals surface area contributed by atoms with Gasteiger partial charge in [0.05, 0.1) is 4.90 Å². The third-order valence-electron chi connectivity index (χ3n) is 3.06. The first-order valence-corrected chi connectivity index (χ1v) is 8.23. The summed E-state index contributed by atoms with van der Waals surface area (Å²) in [7, 11) is -1.70. The number of pyridine rings is 1. The third kappa shape index (κ3) is 4.35. The van der Waals surface area contributed by atoms with Crippen LogP contribution in [0.5, 0.6) is 0 Å². The molecule has 0 aliphatic heterocycles. The Balaban J connectivity index is 2.05. The fraction of sp³-hybridized carbons (Fsp3) is 0.267. The lowest BCUT2D eigenvalue weighted by molar-refractivity contribution is 0.579. The van der Waals surface area contributed by atoms with Gasteiger partial charge in [0.2, 0.25) is 10.0 Å². The molecule has 0 fully saturated rings. The number of sulfonamides is 1. The molecule has 0 aliphatic rings. The summed E-state index contributed by atoms with van der Waals surface area (Å²) in [5.41, 5.74) is 1.76. The molecule has 0 atom stereocenters. The molecule has 0 amide bonds. The number of nitrogens with one attached hydrogen (secondary N) is 2. The minimum Gasteiger partial charge on any atom is -0.316 e. The van der Waals surface area contributed by atoms with Gasteiger partial charge in [0.1, 0.15) is 0 Å². The van der Waals surface area contributed by atoms with Gasteiger partial charge in [-0.15, -0.1) is 0 Å². The number of rotatable bonds is 7. The van der Waals surface area contributed by atoms with Gasteiger partial charge >= 0.3 is 0 Å². The Morgan fingerprint density at radius 2 is 1.95 bits per heavy atom. The van der Waals surface area contributed by atoms with E-state index in [9.17, 15) is 8.42 Å². The molecule has 5 nitrogen and oxygen atoms in total. The number of aromatic nitrogens is 1. The van der Waals surface area contributed by atoms with Crippen LogP contribution in [0, 0.1) is 0 Å². The molecule has 2 N–H and O–H groups in total. The summed E-state index contributed by atoms with van der Waals surface area (Å²) < 4.78 is 27.4. The standard InChI is InChI=1S/C15H19N3O2S/c1-16-12-14-6-2-3-7-15(14)21(19,20)18-10-8-13-5-4-9-17-11-13/h2-7,9,11,16,18H,8,10,12H2,1H3. The van der Waals surface area contributed by atoms with Crippen molar-refractivity contribution in [3.05, 3.63) is 59.9 Å². The van der Waals surface area contributed by atoms with Crippen molar-refractivity contribution in [2.45, 2.75) is 17.9 Å². The van der Waals surface area contributed by atoms with Gasteiger partial charge in [-0.3, -0.25) is 4.98 Å². The van der Waals surface area contributed by atoms with Crippen LogP contribution in [0.4, 0.5) is 0 Å². The summed E-state index contributed by atoms with van der Waals surface area (Å²) in [5, 5.41) is 2.98. The first-order chi connectivity index (χ1) is 10.1. The van der Waals surface area contributed by atoms with Gasteiger partial charge in [0.25, 0.3) is 0 Å². The smallest absolute Gasteiger partial charge is 0.240 e. The molecule has 1 aromatic carbocycles. The molecular weight excluding hydrogens is 286 g/mol. The Bertz CT molecular complexity index is 672. The van der Waals surface area contributed by atoms with Crippen LogP contribution in [0.3, 0.4) is 0 Å². The predicted octanol–water partition coefficient (Wildman–Crippen LogP) is 1.32. The second-order valence-electron chi connectivity index (χ2n) is 4.65. The van der Waals surface area contributed by atoms with E-state index in [0.29, 0.717) is 24.4 Å². The molecule has 112 valence electrons. The van der Waals surface area contributed by atoms with Gasteiger partial charge in [0.15, 0.2) is 0 Å². The molecule has 6 heteroatoms. The molecule has 0 aliphatic carbocycles. The van der Waals surface area contributed by atoms with E-state index in [1.807, 2.05) is 24.3 Å². The van der Waals surface area contributed by atoms with Crippen LogP contribution in [-0.4, -0.2) is 27.0 Å². The molecule has 2 aromatic rings. The van der Waals surface area contributed by atoms with Gasteiger partial charge < -0.3 is 5.32 Å². The van der Waals surface area contributed by atoms with Crippen LogP contribution in [0.25, 0.3) is 0 Å². The second kappa shape index (κ2) is 7.31. The molecule has 0 radical (unpaired) electrons. The van der Waals surface area contributed by atoms with Crippen molar-refractivity contribution in [3.8, 4) is 0 Å². The Morgan fingerprint density at radius 1 is 1.14 bits per heavy atom. The Hall–Kier alpha value is -1.76. The average molecular weight is 305 g/mol. The van der Waals surface area contributed by atoms with Crippen molar-refractivity contribution in [1.29, 1.82) is 0 Å². The Morgan fingerprint density at radius 3 is 2.67 bits per heavy atom. The maximum absolute atomic E-state index is 12.4. The number of hydrogen-bond acceptors (Lipinski definition) is 4. The van der Waals surface area contributed by atoms with E-state index in [0.717, 1.165) is 11.1 Å². The molecule has 0 spiro atoms. The lowest BCUT2D eigenvalue weighted by Gasteiger charge is -2.11. The van der Waals surface area contributed by atoms with Crippen LogP contribution in [-0.2, 0) is 23.0 Å². The molecule has 0 unspecified atom stereocenters. The van der Waals surface area contributed by atoms with Crippen LogP contribution in [0.1, 0.15) is 11.1 Å². The molecule has 1 heterocycles. The topological polar surface area (TPSA) is 71.1 Å². The number of nitrogens with zero attached hydrogens (tertiary/aromatic N) is 1. The number of hydrogen-bond donors (Lipinski definition) is 2. The quantitative estimate of drug-likeness (QED) is 0.809. The summed E-state index contributed by atoms with van der Waals surface area (Å²) in [6, 6.07) is 10.8. The fourth-order valence-electron chi connectivity index (χ4n) is 2.06. The predicted molar refractivity (Wildman–Crippen MR) is 82.3 cm³/mol. The second-order valence-corrected chi connectivity index (χ2v) is 6.38. The highest BCUT2D eigenvalue weighted by atomic mass is 32.2. The zero-order chi connectivity index (χ0) is 15.1. The first-order valence-electron chi connectivity index (χ1n) is 6.74. The van der Waals surface area contributed by atoms with E-state index in [1.165, 1.54) is 0 Å². The normalized spacial score (nSPS) is 11.5. The lowest BCUT2D eigenvalue weighted by atomic mass is 10.2. The summed E-state index contributed by atoms with van der Waals surface area (Å²) in [4.78, 5) is 4.34. The van der Waals surface area contributed by atoms with Gasteiger partial charge in [-0.25, -0.2) is 13.1 Å². The Kier molecular flexibility index (Phi) is 5.44. The summed E-state index contributed by atoms with van der Waals surface area (Å²) in [5.74, 6) is 0. The van der Waals surface area contributed by atoms with Gasteiger partial charge in [-0.05, 0) is 36.7 Å². The molecule has 1 aromatic heterocycles. The average Bonchev–Trinajstić information content (AvgIpc) is 2.49. The number of benzene rings is 1. The summed E-state index contributed by atoms with van der Waals surface area (Å²) >= 11 is 0. The zero-order valence-electron chi connectivity index (χ0n) is 11.9. The molecule has 0 bridgehead atoms. The van der Waals surface area contributed by atoms with Gasteiger partial charge in [-0.2, -0.15) is 0 Å². The van der Waals surface area contributed by atoms with Crippen LogP contribution >= 0.6 is 0 Å². The van der Waals surface area contributed by atoms with Crippen molar-refractivity contribution < 1.29 is 8.42 Å². The van der Waals surface area contributed by atoms with Crippen LogP contribution in [0.2, 0.25) is 0 Å². The first kappa shape index (κ1) is 15.6. The molecule has 0 saturated heterocycles. The molecule has 21 heavy (non-hydrogen) atoms. The minimum absolute atomic E-state index is 0.325. The van der Waals surface area contributed by atoms with E-state index in [4.69, 9.17) is 0 Å². The summed E-state index contributed by atoms with van der Waals surface area (Å²) in [6.45, 7) is 0.863. The molecule has 0 saturated carbocycles. The van der Waals surface area contributed by atoms with E-state index in [2.05, 4.69) is 15.0 Å². The highest BCUT2D eigenvalue weighted by molar-refractivity contribution is 7.89. The van der Waals surface area contributed by atoms with E-state index < -0.39 is 10.0 Å². The SMILES string of the molecule is CNCc1ccccc1S(=O)(=O)NCCc1cccnc1. The van der Waals surface area contributed by atoms with E-state index in [1.54, 1.807) is 31.6 Å². The fourth-order valence-corrected chi connectivity index (χ4v) is 3.33. The van der Waals surface area contributed by atoms with E-state index in [-0.39, 0.29) is 0 Å². The van der Waals surface area contributed by atoms with Crippen LogP contribution < -0.4 is 10.0 Å². The van der Waals surface area contributed by atoms with Crippen molar-refractivity contribution >= 4 is 10.0 Å². The maximum Gasteiger partial charge on any atom is 0.240 e. The van der Waals surface area contributed by atoms with Gasteiger partial charge in [-0.1, -0.05) is 24.3 Å². The van der Waals surface area contributed by atoms with Crippen molar-refractivity contribution in [2.75, 3.05) is 13.6 Å². The van der Waals surface area contributed by atoms with Gasteiger partial charge in [0, 0.05) is 25.5 Å². The van der Waals surface area contributed by atoms with Crippen molar-refractivity contribution in [1.82, 2.24) is 15.0 Å². The van der Waals surface area contributed by atoms with E-state index >= 15 is 0 Å². The molecular formula is C15H19N3O2S. The minimum atomic E-state index is -3.49. The van der Waals surface area contributed by atoms with Crippen LogP contribution in [0.15, 0.2) is 53.7 Å². The highest BCUT2D eigenvalue weighted by Gasteiger charge is 2.16. The maximum atomic E-state index is 12.4. The Labute approximate surface area is 125 Å². The monoisotopic (exact) mass is 305 g/mol. The van der Waals surface area contributed by atoms with Crippen molar-refractivity contribution in [3.63, 3.8) is 0 Å². The lowest BCUT2D eigenvalue weighted by Crippen LogP contribution is -2.27. The zero-order valence-corrected chi connectivity index (χ0v) is 12.7. The highest BCUT2D eigenvalue weighted by Crippen LogP contribution is 2.15. The largest absolute Gasteiger partial charge is 0.316 e. The van der Waals surface area contributed by atoms with Crippen molar-refractivity contribution in [2.24, 2.45) is 0 Å². The third-order valence-corrected chi connectivity index (χ3v) is 4.62. The summed E-state index contributed by atoms with van der Waals surface area (Å²) in [6.07, 6.45) is 4.05. The molecule has 2 rings (SSSR count).